The van der Waals surface area contributed by atoms with Crippen LogP contribution in [0, 0.1) is 0 Å². The van der Waals surface area contributed by atoms with Crippen molar-refractivity contribution in [3.63, 3.8) is 0 Å². The molecular weight excluding hydrogens is 184 g/mol. The summed E-state index contributed by atoms with van der Waals surface area (Å²) in [5.74, 6) is 0.583. The molecule has 1 aliphatic rings. The van der Waals surface area contributed by atoms with Crippen molar-refractivity contribution < 1.29 is 0 Å². The lowest BCUT2D eigenvalue weighted by Gasteiger charge is -2.17. The van der Waals surface area contributed by atoms with Gasteiger partial charge in [-0.05, 0) is 17.0 Å². The highest BCUT2D eigenvalue weighted by Gasteiger charge is 2.10. The number of aromatic nitrogens is 1. The molecule has 2 heterocycles. The highest BCUT2D eigenvalue weighted by atomic mass is 14.9. The van der Waals surface area contributed by atoms with Crippen molar-refractivity contribution in [2.75, 3.05) is 6.54 Å². The van der Waals surface area contributed by atoms with E-state index in [9.17, 15) is 0 Å². The Balaban J connectivity index is 0.000000531. The second-order valence-corrected chi connectivity index (χ2v) is 3.96. The summed E-state index contributed by atoms with van der Waals surface area (Å²) >= 11 is 0. The molecule has 1 aromatic rings. The number of rotatable bonds is 1. The molecule has 15 heavy (non-hydrogen) atoms. The van der Waals surface area contributed by atoms with Gasteiger partial charge in [0.2, 0.25) is 0 Å². The Morgan fingerprint density at radius 3 is 2.73 bits per heavy atom. The maximum Gasteiger partial charge on any atom is 0.0461 e. The molecule has 1 N–H and O–H groups in total. The van der Waals surface area contributed by atoms with Crippen LogP contribution in [0.15, 0.2) is 12.3 Å². The van der Waals surface area contributed by atoms with Gasteiger partial charge in [-0.2, -0.15) is 0 Å². The molecular formula is C13H22N2. The van der Waals surface area contributed by atoms with Gasteiger partial charge < -0.3 is 5.32 Å². The number of nitrogens with one attached hydrogen (secondary N) is 1. The number of hydrogen-bond donors (Lipinski definition) is 1. The van der Waals surface area contributed by atoms with E-state index in [0.29, 0.717) is 5.92 Å². The fourth-order valence-corrected chi connectivity index (χ4v) is 1.68. The zero-order chi connectivity index (χ0) is 11.3. The standard InChI is InChI=1S/C11H16N2.C2H6/c1-8(2)9-5-10-6-12-4-3-11(10)13-7-9;1-2/h5,7-8,12H,3-4,6H2,1-2H3;1-2H3. The molecule has 2 heteroatoms. The van der Waals surface area contributed by atoms with Gasteiger partial charge in [0.05, 0.1) is 0 Å². The highest BCUT2D eigenvalue weighted by Crippen LogP contribution is 2.18. The monoisotopic (exact) mass is 206 g/mol. The first-order valence-electron chi connectivity index (χ1n) is 5.96. The molecule has 0 unspecified atom stereocenters. The fourth-order valence-electron chi connectivity index (χ4n) is 1.68. The van der Waals surface area contributed by atoms with Crippen molar-refractivity contribution in [3.8, 4) is 0 Å². The molecule has 0 spiro atoms. The third kappa shape index (κ3) is 3.03. The van der Waals surface area contributed by atoms with Crippen LogP contribution in [0.4, 0.5) is 0 Å². The summed E-state index contributed by atoms with van der Waals surface area (Å²) in [6, 6.07) is 2.29. The van der Waals surface area contributed by atoms with Crippen LogP contribution in [-0.4, -0.2) is 11.5 Å². The summed E-state index contributed by atoms with van der Waals surface area (Å²) < 4.78 is 0. The highest BCUT2D eigenvalue weighted by molar-refractivity contribution is 5.28. The third-order valence-electron chi connectivity index (χ3n) is 2.60. The molecule has 0 atom stereocenters. The predicted octanol–water partition coefficient (Wildman–Crippen LogP) is 2.88. The zero-order valence-corrected chi connectivity index (χ0v) is 10.3. The maximum atomic E-state index is 4.50. The van der Waals surface area contributed by atoms with Crippen molar-refractivity contribution in [1.82, 2.24) is 10.3 Å². The Hall–Kier alpha value is -0.890. The molecule has 0 saturated heterocycles. The summed E-state index contributed by atoms with van der Waals surface area (Å²) in [4.78, 5) is 4.50. The van der Waals surface area contributed by atoms with Crippen molar-refractivity contribution in [2.24, 2.45) is 0 Å². The first-order valence-corrected chi connectivity index (χ1v) is 5.96. The molecule has 2 nitrogen and oxygen atoms in total. The van der Waals surface area contributed by atoms with Crippen molar-refractivity contribution in [3.05, 3.63) is 29.1 Å². The molecule has 0 amide bonds. The third-order valence-corrected chi connectivity index (χ3v) is 2.60. The molecule has 0 saturated carbocycles. The van der Waals surface area contributed by atoms with E-state index >= 15 is 0 Å². The van der Waals surface area contributed by atoms with Crippen LogP contribution in [0.3, 0.4) is 0 Å². The first-order chi connectivity index (χ1) is 7.27. The second-order valence-electron chi connectivity index (χ2n) is 3.96. The van der Waals surface area contributed by atoms with Crippen LogP contribution in [-0.2, 0) is 13.0 Å². The summed E-state index contributed by atoms with van der Waals surface area (Å²) in [5, 5.41) is 3.37. The normalized spacial score (nSPS) is 14.2. The van der Waals surface area contributed by atoms with Crippen LogP contribution in [0.1, 0.15) is 50.4 Å². The topological polar surface area (TPSA) is 24.9 Å². The van der Waals surface area contributed by atoms with Crippen LogP contribution < -0.4 is 5.32 Å². The van der Waals surface area contributed by atoms with Gasteiger partial charge in [0.1, 0.15) is 0 Å². The van der Waals surface area contributed by atoms with Crippen LogP contribution >= 0.6 is 0 Å². The van der Waals surface area contributed by atoms with Gasteiger partial charge in [0.15, 0.2) is 0 Å². The summed E-state index contributed by atoms with van der Waals surface area (Å²) in [6.07, 6.45) is 3.10. The molecule has 0 radical (unpaired) electrons. The summed E-state index contributed by atoms with van der Waals surface area (Å²) in [5.41, 5.74) is 4.02. The van der Waals surface area contributed by atoms with E-state index < -0.39 is 0 Å². The van der Waals surface area contributed by atoms with Crippen molar-refractivity contribution >= 4 is 0 Å². The van der Waals surface area contributed by atoms with Gasteiger partial charge in [-0.25, -0.2) is 0 Å². The molecule has 2 rings (SSSR count). The molecule has 1 aromatic heterocycles. The Morgan fingerprint density at radius 1 is 1.33 bits per heavy atom. The Labute approximate surface area is 93.1 Å². The van der Waals surface area contributed by atoms with Gasteiger partial charge in [0.25, 0.3) is 0 Å². The molecule has 1 aliphatic heterocycles. The number of pyridine rings is 1. The lowest BCUT2D eigenvalue weighted by molar-refractivity contribution is 0.627. The van der Waals surface area contributed by atoms with E-state index in [1.807, 2.05) is 20.0 Å². The average Bonchev–Trinajstić information content (AvgIpc) is 2.31. The molecule has 0 aliphatic carbocycles. The summed E-state index contributed by atoms with van der Waals surface area (Å²) in [7, 11) is 0. The first kappa shape index (κ1) is 12.2. The summed E-state index contributed by atoms with van der Waals surface area (Å²) in [6.45, 7) is 10.5. The Kier molecular flexibility index (Phi) is 4.76. The minimum atomic E-state index is 0.583. The molecule has 0 bridgehead atoms. The minimum Gasteiger partial charge on any atom is -0.312 e. The number of hydrogen-bond acceptors (Lipinski definition) is 2. The number of nitrogens with zero attached hydrogens (tertiary/aromatic N) is 1. The molecule has 84 valence electrons. The Morgan fingerprint density at radius 2 is 2.07 bits per heavy atom. The largest absolute Gasteiger partial charge is 0.312 e. The van der Waals surface area contributed by atoms with Crippen LogP contribution in [0.2, 0.25) is 0 Å². The average molecular weight is 206 g/mol. The van der Waals surface area contributed by atoms with E-state index in [-0.39, 0.29) is 0 Å². The van der Waals surface area contributed by atoms with E-state index in [0.717, 1.165) is 19.5 Å². The minimum absolute atomic E-state index is 0.583. The smallest absolute Gasteiger partial charge is 0.0461 e. The van der Waals surface area contributed by atoms with Gasteiger partial charge in [-0.3, -0.25) is 4.98 Å². The Bertz CT molecular complexity index is 305. The lowest BCUT2D eigenvalue weighted by Crippen LogP contribution is -2.24. The van der Waals surface area contributed by atoms with E-state index in [4.69, 9.17) is 0 Å². The van der Waals surface area contributed by atoms with Gasteiger partial charge >= 0.3 is 0 Å². The predicted molar refractivity (Wildman–Crippen MR) is 65.1 cm³/mol. The van der Waals surface area contributed by atoms with Gasteiger partial charge in [0, 0.05) is 31.4 Å². The lowest BCUT2D eigenvalue weighted by atomic mass is 10.00. The van der Waals surface area contributed by atoms with Crippen molar-refractivity contribution in [2.45, 2.75) is 46.6 Å². The maximum absolute atomic E-state index is 4.50. The molecule has 0 aromatic carbocycles. The number of fused-ring (bicyclic) bond motifs is 1. The van der Waals surface area contributed by atoms with Gasteiger partial charge in [-0.1, -0.05) is 33.8 Å². The van der Waals surface area contributed by atoms with Gasteiger partial charge in [-0.15, -0.1) is 0 Å². The molecule has 0 fully saturated rings. The second kappa shape index (κ2) is 5.86. The van der Waals surface area contributed by atoms with Crippen LogP contribution in [0.25, 0.3) is 0 Å². The quantitative estimate of drug-likeness (QED) is 0.764. The van der Waals surface area contributed by atoms with Crippen LogP contribution in [0.5, 0.6) is 0 Å². The fraction of sp³-hybridized carbons (Fsp3) is 0.615. The van der Waals surface area contributed by atoms with E-state index in [1.54, 1.807) is 0 Å². The SMILES string of the molecule is CC.CC(C)c1cnc2c(c1)CNCC2. The van der Waals surface area contributed by atoms with Crippen molar-refractivity contribution in [1.29, 1.82) is 0 Å². The van der Waals surface area contributed by atoms with E-state index in [2.05, 4.69) is 30.2 Å². The zero-order valence-electron chi connectivity index (χ0n) is 10.3. The van der Waals surface area contributed by atoms with E-state index in [1.165, 1.54) is 16.8 Å².